The Hall–Kier alpha value is -2.17. The van der Waals surface area contributed by atoms with Gasteiger partial charge in [0.05, 0.1) is 5.69 Å². The van der Waals surface area contributed by atoms with Crippen LogP contribution in [0.3, 0.4) is 0 Å². The third-order valence-electron chi connectivity index (χ3n) is 2.14. The van der Waals surface area contributed by atoms with Crippen LogP contribution in [0.2, 0.25) is 0 Å². The van der Waals surface area contributed by atoms with Crippen molar-refractivity contribution < 1.29 is 9.13 Å². The third kappa shape index (κ3) is 2.69. The maximum absolute atomic E-state index is 13.0. The lowest BCUT2D eigenvalue weighted by molar-refractivity contribution is 0.437. The van der Waals surface area contributed by atoms with Gasteiger partial charge in [-0.1, -0.05) is 0 Å². The normalized spacial score (nSPS) is 10.3. The summed E-state index contributed by atoms with van der Waals surface area (Å²) in [5, 5.41) is 0. The van der Waals surface area contributed by atoms with E-state index in [1.54, 1.807) is 0 Å². The summed E-state index contributed by atoms with van der Waals surface area (Å²) in [6.45, 7) is 3.66. The van der Waals surface area contributed by atoms with E-state index in [1.807, 2.05) is 19.9 Å². The van der Waals surface area contributed by atoms with Gasteiger partial charge in [-0.3, -0.25) is 0 Å². The SMILES string of the molecule is Cc1cc(C)nc(Oc2cc(F)ccc2N)n1. The van der Waals surface area contributed by atoms with Crippen molar-refractivity contribution in [3.8, 4) is 11.8 Å². The van der Waals surface area contributed by atoms with Crippen molar-refractivity contribution in [1.82, 2.24) is 9.97 Å². The van der Waals surface area contributed by atoms with Crippen LogP contribution in [0.25, 0.3) is 0 Å². The third-order valence-corrected chi connectivity index (χ3v) is 2.14. The first-order valence-electron chi connectivity index (χ1n) is 5.10. The Bertz CT molecular complexity index is 537. The molecule has 0 radical (unpaired) electrons. The van der Waals surface area contributed by atoms with Gasteiger partial charge in [-0.25, -0.2) is 14.4 Å². The number of aromatic nitrogens is 2. The number of hydrogen-bond acceptors (Lipinski definition) is 4. The molecule has 2 N–H and O–H groups in total. The lowest BCUT2D eigenvalue weighted by Crippen LogP contribution is -1.98. The fourth-order valence-corrected chi connectivity index (χ4v) is 1.43. The highest BCUT2D eigenvalue weighted by Gasteiger charge is 2.07. The van der Waals surface area contributed by atoms with Gasteiger partial charge in [0.15, 0.2) is 5.75 Å². The molecule has 0 aliphatic rings. The second-order valence-corrected chi connectivity index (χ2v) is 3.72. The van der Waals surface area contributed by atoms with Crippen molar-refractivity contribution in [3.05, 3.63) is 41.5 Å². The molecule has 0 amide bonds. The standard InChI is InChI=1S/C12H12FN3O/c1-7-5-8(2)16-12(15-7)17-11-6-9(13)3-4-10(11)14/h3-6H,14H2,1-2H3. The van der Waals surface area contributed by atoms with E-state index in [4.69, 9.17) is 10.5 Å². The van der Waals surface area contributed by atoms with Crippen molar-refractivity contribution in [3.63, 3.8) is 0 Å². The largest absolute Gasteiger partial charge is 0.422 e. The van der Waals surface area contributed by atoms with Crippen LogP contribution in [-0.4, -0.2) is 9.97 Å². The van der Waals surface area contributed by atoms with Gasteiger partial charge in [-0.2, -0.15) is 0 Å². The number of hydrogen-bond donors (Lipinski definition) is 1. The first kappa shape index (κ1) is 11.3. The number of benzene rings is 1. The average molecular weight is 233 g/mol. The molecule has 0 atom stereocenters. The summed E-state index contributed by atoms with van der Waals surface area (Å²) in [6, 6.07) is 5.90. The molecule has 5 heteroatoms. The highest BCUT2D eigenvalue weighted by molar-refractivity contribution is 5.53. The quantitative estimate of drug-likeness (QED) is 0.810. The molecular formula is C12H12FN3O. The number of nitrogen functional groups attached to an aromatic ring is 1. The minimum Gasteiger partial charge on any atom is -0.422 e. The number of aryl methyl sites for hydroxylation is 2. The van der Waals surface area contributed by atoms with Crippen LogP contribution >= 0.6 is 0 Å². The van der Waals surface area contributed by atoms with Crippen molar-refractivity contribution in [2.75, 3.05) is 5.73 Å². The van der Waals surface area contributed by atoms with Crippen molar-refractivity contribution in [2.24, 2.45) is 0 Å². The zero-order valence-corrected chi connectivity index (χ0v) is 9.57. The fourth-order valence-electron chi connectivity index (χ4n) is 1.43. The van der Waals surface area contributed by atoms with E-state index in [2.05, 4.69) is 9.97 Å². The van der Waals surface area contributed by atoms with Crippen LogP contribution in [-0.2, 0) is 0 Å². The zero-order valence-electron chi connectivity index (χ0n) is 9.57. The molecule has 1 heterocycles. The minimum absolute atomic E-state index is 0.166. The van der Waals surface area contributed by atoms with Crippen molar-refractivity contribution in [1.29, 1.82) is 0 Å². The molecular weight excluding hydrogens is 221 g/mol. The first-order valence-corrected chi connectivity index (χ1v) is 5.10. The molecule has 1 aromatic heterocycles. The number of ether oxygens (including phenoxy) is 1. The van der Waals surface area contributed by atoms with Crippen molar-refractivity contribution in [2.45, 2.75) is 13.8 Å². The van der Waals surface area contributed by atoms with Gasteiger partial charge in [0.25, 0.3) is 0 Å². The molecule has 0 spiro atoms. The Labute approximate surface area is 98.3 Å². The summed E-state index contributed by atoms with van der Waals surface area (Å²) in [7, 11) is 0. The molecule has 0 aliphatic heterocycles. The van der Waals surface area contributed by atoms with Gasteiger partial charge < -0.3 is 10.5 Å². The predicted octanol–water partition coefficient (Wildman–Crippen LogP) is 2.61. The van der Waals surface area contributed by atoms with Crippen LogP contribution in [0.5, 0.6) is 11.8 Å². The van der Waals surface area contributed by atoms with Crippen LogP contribution in [0.15, 0.2) is 24.3 Å². The van der Waals surface area contributed by atoms with E-state index in [0.29, 0.717) is 5.69 Å². The van der Waals surface area contributed by atoms with Gasteiger partial charge in [0.1, 0.15) is 5.82 Å². The molecule has 0 unspecified atom stereocenters. The lowest BCUT2D eigenvalue weighted by Gasteiger charge is -2.07. The van der Waals surface area contributed by atoms with Gasteiger partial charge in [0.2, 0.25) is 0 Å². The van der Waals surface area contributed by atoms with Crippen LogP contribution < -0.4 is 10.5 Å². The van der Waals surface area contributed by atoms with E-state index in [0.717, 1.165) is 11.4 Å². The molecule has 1 aromatic carbocycles. The summed E-state index contributed by atoms with van der Waals surface area (Å²) in [6.07, 6.45) is 0. The number of rotatable bonds is 2. The topological polar surface area (TPSA) is 61.0 Å². The van der Waals surface area contributed by atoms with Gasteiger partial charge in [-0.05, 0) is 32.0 Å². The number of anilines is 1. The molecule has 17 heavy (non-hydrogen) atoms. The summed E-state index contributed by atoms with van der Waals surface area (Å²) < 4.78 is 18.4. The molecule has 4 nitrogen and oxygen atoms in total. The fraction of sp³-hybridized carbons (Fsp3) is 0.167. The second-order valence-electron chi connectivity index (χ2n) is 3.72. The molecule has 0 saturated carbocycles. The van der Waals surface area contributed by atoms with Crippen molar-refractivity contribution >= 4 is 5.69 Å². The minimum atomic E-state index is -0.418. The van der Waals surface area contributed by atoms with Crippen LogP contribution in [0, 0.1) is 19.7 Å². The van der Waals surface area contributed by atoms with Crippen LogP contribution in [0.1, 0.15) is 11.4 Å². The van der Waals surface area contributed by atoms with E-state index in [9.17, 15) is 4.39 Å². The second kappa shape index (κ2) is 4.37. The van der Waals surface area contributed by atoms with E-state index in [1.165, 1.54) is 18.2 Å². The summed E-state index contributed by atoms with van der Waals surface area (Å²) >= 11 is 0. The highest BCUT2D eigenvalue weighted by Crippen LogP contribution is 2.26. The molecule has 0 aliphatic carbocycles. The average Bonchev–Trinajstić information content (AvgIpc) is 2.22. The highest BCUT2D eigenvalue weighted by atomic mass is 19.1. The lowest BCUT2D eigenvalue weighted by atomic mass is 10.3. The molecule has 0 saturated heterocycles. The van der Waals surface area contributed by atoms with Gasteiger partial charge in [0, 0.05) is 17.5 Å². The Balaban J connectivity index is 2.34. The monoisotopic (exact) mass is 233 g/mol. The van der Waals surface area contributed by atoms with Gasteiger partial charge in [-0.15, -0.1) is 0 Å². The Morgan fingerprint density at radius 2 is 1.76 bits per heavy atom. The molecule has 2 rings (SSSR count). The molecule has 0 fully saturated rings. The predicted molar refractivity (Wildman–Crippen MR) is 62.4 cm³/mol. The molecule has 0 bridgehead atoms. The summed E-state index contributed by atoms with van der Waals surface area (Å²) in [4.78, 5) is 8.18. The maximum atomic E-state index is 13.0. The maximum Gasteiger partial charge on any atom is 0.322 e. The number of nitrogens with zero attached hydrogens (tertiary/aromatic N) is 2. The molecule has 2 aromatic rings. The zero-order chi connectivity index (χ0) is 12.4. The van der Waals surface area contributed by atoms with E-state index >= 15 is 0 Å². The Morgan fingerprint density at radius 1 is 1.12 bits per heavy atom. The first-order chi connectivity index (χ1) is 8.04. The summed E-state index contributed by atoms with van der Waals surface area (Å²) in [5.41, 5.74) is 7.57. The number of nitrogens with two attached hydrogens (primary N) is 1. The Morgan fingerprint density at radius 3 is 2.41 bits per heavy atom. The van der Waals surface area contributed by atoms with E-state index in [-0.39, 0.29) is 11.8 Å². The molecule has 88 valence electrons. The Kier molecular flexibility index (Phi) is 2.91. The summed E-state index contributed by atoms with van der Waals surface area (Å²) in [5.74, 6) is -0.200. The van der Waals surface area contributed by atoms with Crippen LogP contribution in [0.4, 0.5) is 10.1 Å². The van der Waals surface area contributed by atoms with Gasteiger partial charge >= 0.3 is 6.01 Å². The smallest absolute Gasteiger partial charge is 0.322 e. The van der Waals surface area contributed by atoms with E-state index < -0.39 is 5.82 Å². The number of halogens is 1.